The Labute approximate surface area is 149 Å². The van der Waals surface area contributed by atoms with Gasteiger partial charge in [-0.2, -0.15) is 8.78 Å². The molecular weight excluding hydrogens is 328 g/mol. The summed E-state index contributed by atoms with van der Waals surface area (Å²) < 4.78 is 28.0. The molecule has 1 saturated carbocycles. The normalized spacial score (nSPS) is 18.7. The van der Waals surface area contributed by atoms with Crippen molar-refractivity contribution in [3.63, 3.8) is 0 Å². The number of carbonyl (C=O) groups is 3. The average Bonchev–Trinajstić information content (AvgIpc) is 2.78. The predicted molar refractivity (Wildman–Crippen MR) is 92.6 cm³/mol. The second kappa shape index (κ2) is 11.3. The van der Waals surface area contributed by atoms with Gasteiger partial charge in [-0.25, -0.2) is 0 Å². The molecule has 1 aliphatic carbocycles. The molecule has 144 valence electrons. The van der Waals surface area contributed by atoms with Gasteiger partial charge in [-0.3, -0.25) is 14.4 Å². The summed E-state index contributed by atoms with van der Waals surface area (Å²) in [6.07, 6.45) is 9.13. The molecule has 0 bridgehead atoms. The molecule has 0 saturated heterocycles. The van der Waals surface area contributed by atoms with Crippen molar-refractivity contribution < 1.29 is 23.2 Å². The lowest BCUT2D eigenvalue weighted by Gasteiger charge is -2.19. The van der Waals surface area contributed by atoms with Gasteiger partial charge in [0, 0.05) is 12.8 Å². The molecule has 0 aromatic heterocycles. The van der Waals surface area contributed by atoms with E-state index < -0.39 is 23.7 Å². The van der Waals surface area contributed by atoms with Crippen LogP contribution in [0.25, 0.3) is 0 Å². The maximum atomic E-state index is 14.0. The Morgan fingerprint density at radius 3 is 2.36 bits per heavy atom. The van der Waals surface area contributed by atoms with Crippen LogP contribution in [0.5, 0.6) is 0 Å². The summed E-state index contributed by atoms with van der Waals surface area (Å²) in [5.74, 6) is -7.24. The molecule has 1 fully saturated rings. The third-order valence-corrected chi connectivity index (χ3v) is 4.75. The van der Waals surface area contributed by atoms with E-state index in [2.05, 4.69) is 12.2 Å². The summed E-state index contributed by atoms with van der Waals surface area (Å²) in [7, 11) is 0. The van der Waals surface area contributed by atoms with E-state index in [1.807, 2.05) is 0 Å². The van der Waals surface area contributed by atoms with E-state index in [0.29, 0.717) is 32.1 Å². The monoisotopic (exact) mass is 359 g/mol. The van der Waals surface area contributed by atoms with Crippen molar-refractivity contribution in [2.45, 2.75) is 102 Å². The Balaban J connectivity index is 2.37. The Morgan fingerprint density at radius 1 is 1.04 bits per heavy atom. The van der Waals surface area contributed by atoms with Gasteiger partial charge in [0.1, 0.15) is 0 Å². The SMILES string of the molecule is CCCCCCCCCC(=O)C(F)(F)C(=O)NC1CCCCCC1=O. The van der Waals surface area contributed by atoms with Gasteiger partial charge in [0.05, 0.1) is 6.04 Å². The summed E-state index contributed by atoms with van der Waals surface area (Å²) in [6, 6.07) is -0.882. The first-order valence-electron chi connectivity index (χ1n) is 9.64. The number of amides is 1. The predicted octanol–water partition coefficient (Wildman–Crippen LogP) is 4.35. The van der Waals surface area contributed by atoms with Gasteiger partial charge in [-0.15, -0.1) is 0 Å². The molecular formula is C19H31F2NO3. The van der Waals surface area contributed by atoms with Gasteiger partial charge in [0.25, 0.3) is 5.91 Å². The van der Waals surface area contributed by atoms with Gasteiger partial charge in [0.15, 0.2) is 5.78 Å². The fraction of sp³-hybridized carbons (Fsp3) is 0.842. The Kier molecular flexibility index (Phi) is 9.83. The van der Waals surface area contributed by atoms with Crippen LogP contribution in [0.2, 0.25) is 0 Å². The van der Waals surface area contributed by atoms with E-state index in [-0.39, 0.29) is 12.2 Å². The number of Topliss-reactive ketones (excluding diaryl/α,β-unsaturated/α-hetero) is 2. The van der Waals surface area contributed by atoms with Crippen molar-refractivity contribution in [2.24, 2.45) is 0 Å². The summed E-state index contributed by atoms with van der Waals surface area (Å²) in [5.41, 5.74) is 0. The lowest BCUT2D eigenvalue weighted by atomic mass is 10.0. The standard InChI is InChI=1S/C19H31F2NO3/c1-2-3-4-5-6-7-11-14-17(24)19(20,21)18(25)22-15-12-9-8-10-13-16(15)23/h15H,2-14H2,1H3,(H,22,25). The summed E-state index contributed by atoms with van der Waals surface area (Å²) in [6.45, 7) is 2.12. The minimum Gasteiger partial charge on any atom is -0.341 e. The maximum Gasteiger partial charge on any atom is 0.381 e. The molecule has 6 heteroatoms. The van der Waals surface area contributed by atoms with Crippen LogP contribution in [-0.2, 0) is 14.4 Å². The third-order valence-electron chi connectivity index (χ3n) is 4.75. The van der Waals surface area contributed by atoms with Crippen LogP contribution in [-0.4, -0.2) is 29.4 Å². The molecule has 0 radical (unpaired) electrons. The van der Waals surface area contributed by atoms with E-state index in [1.54, 1.807) is 0 Å². The molecule has 0 heterocycles. The van der Waals surface area contributed by atoms with Gasteiger partial charge in [0.2, 0.25) is 5.78 Å². The summed E-state index contributed by atoms with van der Waals surface area (Å²) in [4.78, 5) is 35.4. The van der Waals surface area contributed by atoms with E-state index in [1.165, 1.54) is 0 Å². The zero-order valence-electron chi connectivity index (χ0n) is 15.3. The number of hydrogen-bond donors (Lipinski definition) is 1. The first-order chi connectivity index (χ1) is 11.9. The molecule has 1 rings (SSSR count). The maximum absolute atomic E-state index is 14.0. The Bertz CT molecular complexity index is 452. The smallest absolute Gasteiger partial charge is 0.341 e. The zero-order chi connectivity index (χ0) is 18.7. The van der Waals surface area contributed by atoms with Crippen LogP contribution in [0.1, 0.15) is 90.4 Å². The van der Waals surface area contributed by atoms with Gasteiger partial charge in [-0.05, 0) is 19.3 Å². The van der Waals surface area contributed by atoms with Crippen LogP contribution in [0.4, 0.5) is 8.78 Å². The molecule has 1 amide bonds. The highest BCUT2D eigenvalue weighted by Gasteiger charge is 2.47. The molecule has 25 heavy (non-hydrogen) atoms. The number of hydrogen-bond acceptors (Lipinski definition) is 3. The van der Waals surface area contributed by atoms with E-state index >= 15 is 0 Å². The molecule has 4 nitrogen and oxygen atoms in total. The minimum atomic E-state index is -4.05. The second-order valence-corrected chi connectivity index (χ2v) is 6.96. The molecule has 1 N–H and O–H groups in total. The van der Waals surface area contributed by atoms with Crippen molar-refractivity contribution in [1.29, 1.82) is 0 Å². The number of halogens is 2. The third kappa shape index (κ3) is 7.61. The van der Waals surface area contributed by atoms with Gasteiger partial charge < -0.3 is 5.32 Å². The summed E-state index contributed by atoms with van der Waals surface area (Å²) >= 11 is 0. The van der Waals surface area contributed by atoms with Crippen molar-refractivity contribution in [1.82, 2.24) is 5.32 Å². The number of ketones is 2. The molecule has 1 atom stereocenters. The average molecular weight is 359 g/mol. The number of alkyl halides is 2. The quantitative estimate of drug-likeness (QED) is 0.339. The molecule has 1 aliphatic rings. The van der Waals surface area contributed by atoms with Gasteiger partial charge in [-0.1, -0.05) is 58.3 Å². The Morgan fingerprint density at radius 2 is 1.68 bits per heavy atom. The molecule has 0 spiro atoms. The number of carbonyl (C=O) groups excluding carboxylic acids is 3. The number of rotatable bonds is 11. The molecule has 1 unspecified atom stereocenters. The molecule has 0 aromatic rings. The highest BCUT2D eigenvalue weighted by atomic mass is 19.3. The highest BCUT2D eigenvalue weighted by molar-refractivity contribution is 6.08. The van der Waals surface area contributed by atoms with Crippen LogP contribution >= 0.6 is 0 Å². The molecule has 0 aromatic carbocycles. The van der Waals surface area contributed by atoms with Crippen molar-refractivity contribution >= 4 is 17.5 Å². The zero-order valence-corrected chi connectivity index (χ0v) is 15.3. The Hall–Kier alpha value is -1.33. The van der Waals surface area contributed by atoms with Crippen molar-refractivity contribution in [3.8, 4) is 0 Å². The fourth-order valence-corrected chi connectivity index (χ4v) is 3.09. The molecule has 0 aliphatic heterocycles. The van der Waals surface area contributed by atoms with Crippen molar-refractivity contribution in [3.05, 3.63) is 0 Å². The highest BCUT2D eigenvalue weighted by Crippen LogP contribution is 2.21. The van der Waals surface area contributed by atoms with Crippen LogP contribution in [0, 0.1) is 0 Å². The minimum absolute atomic E-state index is 0.221. The van der Waals surface area contributed by atoms with Gasteiger partial charge >= 0.3 is 5.92 Å². The first kappa shape index (κ1) is 21.7. The largest absolute Gasteiger partial charge is 0.381 e. The first-order valence-corrected chi connectivity index (χ1v) is 9.64. The van der Waals surface area contributed by atoms with Crippen molar-refractivity contribution in [2.75, 3.05) is 0 Å². The number of nitrogens with one attached hydrogen (secondary N) is 1. The topological polar surface area (TPSA) is 63.2 Å². The van der Waals surface area contributed by atoms with E-state index in [0.717, 1.165) is 44.9 Å². The van der Waals surface area contributed by atoms with Crippen LogP contribution in [0.15, 0.2) is 0 Å². The van der Waals surface area contributed by atoms with Crippen LogP contribution < -0.4 is 5.32 Å². The second-order valence-electron chi connectivity index (χ2n) is 6.96. The van der Waals surface area contributed by atoms with E-state index in [9.17, 15) is 23.2 Å². The summed E-state index contributed by atoms with van der Waals surface area (Å²) in [5, 5.41) is 2.10. The fourth-order valence-electron chi connectivity index (χ4n) is 3.09. The van der Waals surface area contributed by atoms with E-state index in [4.69, 9.17) is 0 Å². The number of unbranched alkanes of at least 4 members (excludes halogenated alkanes) is 6. The lowest BCUT2D eigenvalue weighted by molar-refractivity contribution is -0.159. The van der Waals surface area contributed by atoms with Crippen LogP contribution in [0.3, 0.4) is 0 Å². The lowest BCUT2D eigenvalue weighted by Crippen LogP contribution is -2.51.